The van der Waals surface area contributed by atoms with E-state index in [1.807, 2.05) is 23.5 Å². The van der Waals surface area contributed by atoms with Gasteiger partial charge in [-0.3, -0.25) is 0 Å². The highest BCUT2D eigenvalue weighted by Gasteiger charge is 2.19. The molecule has 0 aliphatic rings. The van der Waals surface area contributed by atoms with Crippen LogP contribution in [0, 0.1) is 0 Å². The first-order valence-corrected chi connectivity index (χ1v) is 15.8. The number of benzene rings is 8. The van der Waals surface area contributed by atoms with Crippen molar-refractivity contribution in [3.8, 4) is 22.3 Å². The lowest BCUT2D eigenvalue weighted by molar-refractivity contribution is 0.669. The summed E-state index contributed by atoms with van der Waals surface area (Å²) in [6.45, 7) is 0. The molecule has 0 saturated carbocycles. The first-order chi connectivity index (χ1) is 21.8. The molecular formula is C42H24OS. The third kappa shape index (κ3) is 3.35. The minimum Gasteiger partial charge on any atom is -0.456 e. The first-order valence-electron chi connectivity index (χ1n) is 15.0. The zero-order chi connectivity index (χ0) is 28.8. The van der Waals surface area contributed by atoms with Gasteiger partial charge in [0, 0.05) is 30.9 Å². The van der Waals surface area contributed by atoms with Crippen LogP contribution in [0.2, 0.25) is 0 Å². The van der Waals surface area contributed by atoms with Gasteiger partial charge in [-0.2, -0.15) is 0 Å². The van der Waals surface area contributed by atoms with E-state index >= 15 is 0 Å². The molecule has 0 radical (unpaired) electrons. The van der Waals surface area contributed by atoms with Crippen molar-refractivity contribution >= 4 is 85.8 Å². The maximum absolute atomic E-state index is 6.18. The smallest absolute Gasteiger partial charge is 0.135 e. The van der Waals surface area contributed by atoms with Crippen LogP contribution < -0.4 is 0 Å². The standard InChI is InChI=1S/C42H24OS/c1-2-10-28-25(9-1)19-22-38-42(28)34-20-17-27(24-39(34)44-38)41-32-14-5-3-12-30(32)40(31-13-4-6-15-33(31)41)26-18-21-37-35(23-26)29-11-7-8-16-36(29)43-37/h1-24H. The van der Waals surface area contributed by atoms with Gasteiger partial charge in [-0.05, 0) is 84.9 Å². The normalized spacial score (nSPS) is 12.1. The second-order valence-corrected chi connectivity index (χ2v) is 12.7. The molecule has 10 aromatic rings. The van der Waals surface area contributed by atoms with Crippen molar-refractivity contribution in [2.45, 2.75) is 0 Å². The Morgan fingerprint density at radius 3 is 1.66 bits per heavy atom. The molecule has 8 aromatic carbocycles. The molecule has 0 aliphatic heterocycles. The van der Waals surface area contributed by atoms with E-state index in [1.165, 1.54) is 74.7 Å². The molecule has 2 heterocycles. The summed E-state index contributed by atoms with van der Waals surface area (Å²) in [4.78, 5) is 0. The van der Waals surface area contributed by atoms with Gasteiger partial charge in [0.15, 0.2) is 0 Å². The van der Waals surface area contributed by atoms with E-state index in [0.29, 0.717) is 0 Å². The molecule has 0 saturated heterocycles. The Kier molecular flexibility index (Phi) is 4.94. The van der Waals surface area contributed by atoms with E-state index in [2.05, 4.69) is 133 Å². The molecule has 0 bridgehead atoms. The number of furan rings is 1. The van der Waals surface area contributed by atoms with E-state index in [-0.39, 0.29) is 0 Å². The number of para-hydroxylation sites is 1. The van der Waals surface area contributed by atoms with Crippen molar-refractivity contribution in [2.24, 2.45) is 0 Å². The van der Waals surface area contributed by atoms with Gasteiger partial charge in [-0.1, -0.05) is 115 Å². The van der Waals surface area contributed by atoms with Gasteiger partial charge < -0.3 is 4.42 Å². The SMILES string of the molecule is c1ccc2c(c1)ccc1sc3cc(-c4c5ccccc5c(-c5ccc6oc7ccccc7c6c5)c5ccccc45)ccc3c12. The van der Waals surface area contributed by atoms with E-state index in [1.54, 1.807) is 0 Å². The molecular weight excluding hydrogens is 553 g/mol. The van der Waals surface area contributed by atoms with Crippen LogP contribution >= 0.6 is 11.3 Å². The lowest BCUT2D eigenvalue weighted by atomic mass is 9.85. The molecule has 0 N–H and O–H groups in total. The van der Waals surface area contributed by atoms with E-state index in [4.69, 9.17) is 4.42 Å². The Hall–Kier alpha value is -5.44. The third-order valence-corrected chi connectivity index (χ3v) is 10.4. The highest BCUT2D eigenvalue weighted by molar-refractivity contribution is 7.26. The maximum Gasteiger partial charge on any atom is 0.135 e. The zero-order valence-corrected chi connectivity index (χ0v) is 24.5. The largest absolute Gasteiger partial charge is 0.456 e. The summed E-state index contributed by atoms with van der Waals surface area (Å²) in [5.41, 5.74) is 6.86. The molecule has 204 valence electrons. The molecule has 44 heavy (non-hydrogen) atoms. The average molecular weight is 577 g/mol. The van der Waals surface area contributed by atoms with Gasteiger partial charge in [0.05, 0.1) is 0 Å². The van der Waals surface area contributed by atoms with Crippen LogP contribution in [0.3, 0.4) is 0 Å². The van der Waals surface area contributed by atoms with Crippen LogP contribution in [0.25, 0.3) is 96.7 Å². The lowest BCUT2D eigenvalue weighted by Crippen LogP contribution is -1.90. The van der Waals surface area contributed by atoms with Crippen LogP contribution in [0.5, 0.6) is 0 Å². The molecule has 0 atom stereocenters. The quantitative estimate of drug-likeness (QED) is 0.187. The van der Waals surface area contributed by atoms with Crippen LogP contribution in [0.15, 0.2) is 150 Å². The molecule has 0 unspecified atom stereocenters. The van der Waals surface area contributed by atoms with Crippen molar-refractivity contribution < 1.29 is 4.42 Å². The number of thiophene rings is 1. The molecule has 2 heteroatoms. The van der Waals surface area contributed by atoms with Gasteiger partial charge in [0.1, 0.15) is 11.2 Å². The van der Waals surface area contributed by atoms with Crippen LogP contribution in [-0.4, -0.2) is 0 Å². The first kappa shape index (κ1) is 24.0. The fourth-order valence-electron chi connectivity index (χ4n) is 7.33. The Labute approximate surface area is 257 Å². The van der Waals surface area contributed by atoms with Crippen molar-refractivity contribution in [1.82, 2.24) is 0 Å². The lowest BCUT2D eigenvalue weighted by Gasteiger charge is -2.18. The van der Waals surface area contributed by atoms with Crippen molar-refractivity contribution in [3.63, 3.8) is 0 Å². The average Bonchev–Trinajstić information content (AvgIpc) is 3.65. The fourth-order valence-corrected chi connectivity index (χ4v) is 8.49. The molecule has 2 aromatic heterocycles. The summed E-state index contributed by atoms with van der Waals surface area (Å²) >= 11 is 1.89. The monoisotopic (exact) mass is 576 g/mol. The highest BCUT2D eigenvalue weighted by Crippen LogP contribution is 2.46. The summed E-state index contributed by atoms with van der Waals surface area (Å²) in [6.07, 6.45) is 0. The predicted octanol–water partition coefficient (Wildman–Crippen LogP) is 12.7. The summed E-state index contributed by atoms with van der Waals surface area (Å²) in [6, 6.07) is 53.1. The Morgan fingerprint density at radius 1 is 0.364 bits per heavy atom. The van der Waals surface area contributed by atoms with E-state index < -0.39 is 0 Å². The zero-order valence-electron chi connectivity index (χ0n) is 23.7. The Morgan fingerprint density at radius 2 is 0.932 bits per heavy atom. The van der Waals surface area contributed by atoms with Crippen LogP contribution in [0.4, 0.5) is 0 Å². The second-order valence-electron chi connectivity index (χ2n) is 11.6. The van der Waals surface area contributed by atoms with Crippen LogP contribution in [-0.2, 0) is 0 Å². The van der Waals surface area contributed by atoms with E-state index in [9.17, 15) is 0 Å². The van der Waals surface area contributed by atoms with Crippen LogP contribution in [0.1, 0.15) is 0 Å². The minimum absolute atomic E-state index is 0.921. The summed E-state index contributed by atoms with van der Waals surface area (Å²) in [7, 11) is 0. The molecule has 0 amide bonds. The van der Waals surface area contributed by atoms with Gasteiger partial charge >= 0.3 is 0 Å². The molecule has 10 rings (SSSR count). The highest BCUT2D eigenvalue weighted by atomic mass is 32.1. The number of hydrogen-bond donors (Lipinski definition) is 0. The Balaban J connectivity index is 1.27. The molecule has 1 nitrogen and oxygen atoms in total. The fraction of sp³-hybridized carbons (Fsp3) is 0. The summed E-state index contributed by atoms with van der Waals surface area (Å²) in [5.74, 6) is 0. The minimum atomic E-state index is 0.921. The van der Waals surface area contributed by atoms with Gasteiger partial charge in [-0.15, -0.1) is 11.3 Å². The number of rotatable bonds is 2. The van der Waals surface area contributed by atoms with Gasteiger partial charge in [0.2, 0.25) is 0 Å². The summed E-state index contributed by atoms with van der Waals surface area (Å²) in [5, 5.41) is 12.7. The van der Waals surface area contributed by atoms with E-state index in [0.717, 1.165) is 21.9 Å². The van der Waals surface area contributed by atoms with Gasteiger partial charge in [-0.25, -0.2) is 0 Å². The van der Waals surface area contributed by atoms with Crippen molar-refractivity contribution in [2.75, 3.05) is 0 Å². The molecule has 0 spiro atoms. The molecule has 0 fully saturated rings. The summed E-state index contributed by atoms with van der Waals surface area (Å²) < 4.78 is 8.84. The number of fused-ring (bicyclic) bond motifs is 10. The number of hydrogen-bond acceptors (Lipinski definition) is 2. The third-order valence-electron chi connectivity index (χ3n) is 9.25. The van der Waals surface area contributed by atoms with Crippen molar-refractivity contribution in [3.05, 3.63) is 146 Å². The topological polar surface area (TPSA) is 13.1 Å². The predicted molar refractivity (Wildman–Crippen MR) is 190 cm³/mol. The maximum atomic E-state index is 6.18. The van der Waals surface area contributed by atoms with Gasteiger partial charge in [0.25, 0.3) is 0 Å². The van der Waals surface area contributed by atoms with Crippen molar-refractivity contribution in [1.29, 1.82) is 0 Å². The molecule has 0 aliphatic carbocycles. The Bertz CT molecular complexity index is 2720. The second kappa shape index (κ2) is 9.03.